The molecule has 0 aromatic heterocycles. The number of aliphatic hydroxyl groups is 1. The molecule has 0 aliphatic heterocycles. The number of nitriles is 1. The van der Waals surface area contributed by atoms with Gasteiger partial charge in [-0.05, 0) is 18.5 Å². The van der Waals surface area contributed by atoms with Crippen LogP contribution in [0.5, 0.6) is 0 Å². The van der Waals surface area contributed by atoms with Gasteiger partial charge in [0.25, 0.3) is 0 Å². The van der Waals surface area contributed by atoms with Gasteiger partial charge in [0.2, 0.25) is 0 Å². The smallest absolute Gasteiger partial charge is 0.0641 e. The van der Waals surface area contributed by atoms with Crippen LogP contribution in [0.15, 0.2) is 30.3 Å². The number of nitrogens with zero attached hydrogens (tertiary/aromatic N) is 1. The second-order valence-electron chi connectivity index (χ2n) is 3.36. The van der Waals surface area contributed by atoms with Crippen LogP contribution >= 0.6 is 0 Å². The van der Waals surface area contributed by atoms with Crippen molar-refractivity contribution in [2.45, 2.75) is 18.9 Å². The zero-order valence-corrected chi connectivity index (χ0v) is 8.69. The van der Waals surface area contributed by atoms with Gasteiger partial charge in [-0.25, -0.2) is 0 Å². The summed E-state index contributed by atoms with van der Waals surface area (Å²) in [7, 11) is 0. The summed E-state index contributed by atoms with van der Waals surface area (Å²) in [4.78, 5) is 0. The van der Waals surface area contributed by atoms with Crippen LogP contribution in [0.1, 0.15) is 24.4 Å². The number of hydrogen-bond acceptors (Lipinski definition) is 3. The highest BCUT2D eigenvalue weighted by Gasteiger charge is 2.08. The molecule has 2 N–H and O–H groups in total. The second kappa shape index (κ2) is 6.99. The van der Waals surface area contributed by atoms with Crippen LogP contribution in [0.4, 0.5) is 0 Å². The molecule has 1 aromatic rings. The zero-order valence-electron chi connectivity index (χ0n) is 8.69. The standard InChI is InChI=1S/C12H16N2O/c13-8-7-12(14-9-4-10-15)11-5-2-1-3-6-11/h1-3,5-6,12,14-15H,4,7,9-10H2. The molecule has 80 valence electrons. The maximum absolute atomic E-state index is 8.72. The molecule has 0 amide bonds. The van der Waals surface area contributed by atoms with Crippen LogP contribution in [0.25, 0.3) is 0 Å². The molecule has 1 atom stereocenters. The third-order valence-corrected chi connectivity index (χ3v) is 2.22. The van der Waals surface area contributed by atoms with E-state index in [1.54, 1.807) is 0 Å². The van der Waals surface area contributed by atoms with Gasteiger partial charge in [0, 0.05) is 12.6 Å². The molecule has 3 nitrogen and oxygen atoms in total. The summed E-state index contributed by atoms with van der Waals surface area (Å²) in [5.41, 5.74) is 1.12. The Hall–Kier alpha value is -1.37. The first kappa shape index (κ1) is 11.7. The number of aliphatic hydroxyl groups excluding tert-OH is 1. The predicted octanol–water partition coefficient (Wildman–Crippen LogP) is 1.61. The summed E-state index contributed by atoms with van der Waals surface area (Å²) < 4.78 is 0. The Bertz CT molecular complexity index is 305. The number of hydrogen-bond donors (Lipinski definition) is 2. The summed E-state index contributed by atoms with van der Waals surface area (Å²) >= 11 is 0. The van der Waals surface area contributed by atoms with E-state index < -0.39 is 0 Å². The van der Waals surface area contributed by atoms with E-state index in [9.17, 15) is 0 Å². The van der Waals surface area contributed by atoms with Crippen LogP contribution < -0.4 is 5.32 Å². The van der Waals surface area contributed by atoms with E-state index in [2.05, 4.69) is 11.4 Å². The Kier molecular flexibility index (Phi) is 5.46. The number of benzene rings is 1. The van der Waals surface area contributed by atoms with Crippen molar-refractivity contribution in [1.29, 1.82) is 5.26 Å². The van der Waals surface area contributed by atoms with Crippen LogP contribution in [0.3, 0.4) is 0 Å². The van der Waals surface area contributed by atoms with E-state index >= 15 is 0 Å². The highest BCUT2D eigenvalue weighted by Crippen LogP contribution is 2.15. The normalized spacial score (nSPS) is 12.0. The average Bonchev–Trinajstić information content (AvgIpc) is 2.29. The first-order valence-electron chi connectivity index (χ1n) is 5.14. The fourth-order valence-electron chi connectivity index (χ4n) is 1.44. The first-order chi connectivity index (χ1) is 7.38. The molecule has 15 heavy (non-hydrogen) atoms. The Labute approximate surface area is 90.4 Å². The highest BCUT2D eigenvalue weighted by atomic mass is 16.3. The molecule has 0 fully saturated rings. The molecule has 3 heteroatoms. The van der Waals surface area contributed by atoms with Gasteiger partial charge >= 0.3 is 0 Å². The Balaban J connectivity index is 2.55. The Morgan fingerprint density at radius 2 is 2.07 bits per heavy atom. The summed E-state index contributed by atoms with van der Waals surface area (Å²) in [6.45, 7) is 0.915. The third-order valence-electron chi connectivity index (χ3n) is 2.22. The van der Waals surface area contributed by atoms with Crippen molar-refractivity contribution < 1.29 is 5.11 Å². The molecule has 0 saturated heterocycles. The van der Waals surface area contributed by atoms with Crippen molar-refractivity contribution in [3.05, 3.63) is 35.9 Å². The van der Waals surface area contributed by atoms with Gasteiger partial charge in [-0.3, -0.25) is 0 Å². The molecular weight excluding hydrogens is 188 g/mol. The highest BCUT2D eigenvalue weighted by molar-refractivity contribution is 5.19. The van der Waals surface area contributed by atoms with Crippen LogP contribution in [-0.4, -0.2) is 18.3 Å². The number of rotatable bonds is 6. The van der Waals surface area contributed by atoms with E-state index in [0.717, 1.165) is 18.5 Å². The summed E-state index contributed by atoms with van der Waals surface area (Å²) in [5, 5.41) is 20.6. The van der Waals surface area contributed by atoms with Crippen molar-refractivity contribution in [2.75, 3.05) is 13.2 Å². The van der Waals surface area contributed by atoms with Gasteiger partial charge < -0.3 is 10.4 Å². The zero-order chi connectivity index (χ0) is 10.9. The minimum atomic E-state index is 0.0720. The topological polar surface area (TPSA) is 56.0 Å². The quantitative estimate of drug-likeness (QED) is 0.692. The third kappa shape index (κ3) is 4.11. The SMILES string of the molecule is N#CCC(NCCCO)c1ccccc1. The lowest BCUT2D eigenvalue weighted by Crippen LogP contribution is -2.22. The summed E-state index contributed by atoms with van der Waals surface area (Å²) in [5.74, 6) is 0. The minimum Gasteiger partial charge on any atom is -0.396 e. The molecule has 0 heterocycles. The minimum absolute atomic E-state index is 0.0720. The van der Waals surface area contributed by atoms with Gasteiger partial charge in [-0.15, -0.1) is 0 Å². The molecule has 1 rings (SSSR count). The Morgan fingerprint density at radius 3 is 2.67 bits per heavy atom. The van der Waals surface area contributed by atoms with E-state index in [1.807, 2.05) is 30.3 Å². The van der Waals surface area contributed by atoms with E-state index in [-0.39, 0.29) is 12.6 Å². The van der Waals surface area contributed by atoms with Gasteiger partial charge in [0.15, 0.2) is 0 Å². The monoisotopic (exact) mass is 204 g/mol. The van der Waals surface area contributed by atoms with Gasteiger partial charge in [0.05, 0.1) is 12.5 Å². The van der Waals surface area contributed by atoms with Crippen LogP contribution in [0.2, 0.25) is 0 Å². The van der Waals surface area contributed by atoms with Crippen molar-refractivity contribution in [3.8, 4) is 6.07 Å². The lowest BCUT2D eigenvalue weighted by Gasteiger charge is -2.15. The average molecular weight is 204 g/mol. The van der Waals surface area contributed by atoms with Crippen LogP contribution in [-0.2, 0) is 0 Å². The van der Waals surface area contributed by atoms with Gasteiger partial charge in [0.1, 0.15) is 0 Å². The fourth-order valence-corrected chi connectivity index (χ4v) is 1.44. The maximum atomic E-state index is 8.72. The number of nitrogens with one attached hydrogen (secondary N) is 1. The lowest BCUT2D eigenvalue weighted by molar-refractivity contribution is 0.283. The maximum Gasteiger partial charge on any atom is 0.0641 e. The van der Waals surface area contributed by atoms with E-state index in [4.69, 9.17) is 10.4 Å². The molecule has 0 radical (unpaired) electrons. The first-order valence-corrected chi connectivity index (χ1v) is 5.14. The van der Waals surface area contributed by atoms with Crippen molar-refractivity contribution in [1.82, 2.24) is 5.32 Å². The predicted molar refractivity (Wildman–Crippen MR) is 59.1 cm³/mol. The molecule has 0 aliphatic rings. The molecular formula is C12H16N2O. The Morgan fingerprint density at radius 1 is 1.33 bits per heavy atom. The molecule has 0 saturated carbocycles. The van der Waals surface area contributed by atoms with Gasteiger partial charge in [-0.2, -0.15) is 5.26 Å². The molecule has 1 aromatic carbocycles. The lowest BCUT2D eigenvalue weighted by atomic mass is 10.0. The van der Waals surface area contributed by atoms with Crippen molar-refractivity contribution in [3.63, 3.8) is 0 Å². The molecule has 0 aliphatic carbocycles. The molecule has 0 bridgehead atoms. The van der Waals surface area contributed by atoms with Crippen LogP contribution in [0, 0.1) is 11.3 Å². The largest absolute Gasteiger partial charge is 0.396 e. The summed E-state index contributed by atoms with van der Waals surface area (Å²) in [6.07, 6.45) is 1.17. The molecule has 1 unspecified atom stereocenters. The van der Waals surface area contributed by atoms with Crippen molar-refractivity contribution >= 4 is 0 Å². The van der Waals surface area contributed by atoms with Gasteiger partial charge in [-0.1, -0.05) is 30.3 Å². The fraction of sp³-hybridized carbons (Fsp3) is 0.417. The van der Waals surface area contributed by atoms with E-state index in [0.29, 0.717) is 6.42 Å². The van der Waals surface area contributed by atoms with E-state index in [1.165, 1.54) is 0 Å². The van der Waals surface area contributed by atoms with Crippen molar-refractivity contribution in [2.24, 2.45) is 0 Å². The summed E-state index contributed by atoms with van der Waals surface area (Å²) in [6, 6.07) is 12.1. The second-order valence-corrected chi connectivity index (χ2v) is 3.36. The molecule has 0 spiro atoms.